The van der Waals surface area contributed by atoms with Crippen LogP contribution in [0.2, 0.25) is 0 Å². The lowest BCUT2D eigenvalue weighted by Crippen LogP contribution is -2.41. The van der Waals surface area contributed by atoms with E-state index in [9.17, 15) is 9.59 Å². The fourth-order valence-electron chi connectivity index (χ4n) is 2.25. The van der Waals surface area contributed by atoms with Gasteiger partial charge in [-0.15, -0.1) is 0 Å². The number of aliphatic hydroxyl groups excluding tert-OH is 1. The number of nitrogens with one attached hydrogen (secondary N) is 2. The Labute approximate surface area is 119 Å². The van der Waals surface area contributed by atoms with Crippen LogP contribution in [0, 0.1) is 5.92 Å². The highest BCUT2D eigenvalue weighted by Crippen LogP contribution is 2.09. The summed E-state index contributed by atoms with van der Waals surface area (Å²) in [5.74, 6) is -0.894. The second kappa shape index (κ2) is 8.76. The third kappa shape index (κ3) is 6.72. The summed E-state index contributed by atoms with van der Waals surface area (Å²) in [6, 6.07) is -0.323. The maximum atomic E-state index is 11.5. The molecule has 7 heteroatoms. The molecule has 0 aromatic heterocycles. The van der Waals surface area contributed by atoms with Gasteiger partial charge in [-0.05, 0) is 31.8 Å². The van der Waals surface area contributed by atoms with Crippen molar-refractivity contribution in [1.29, 1.82) is 0 Å². The Morgan fingerprint density at radius 2 is 1.90 bits per heavy atom. The highest BCUT2D eigenvalue weighted by atomic mass is 16.4. The van der Waals surface area contributed by atoms with Crippen LogP contribution in [-0.2, 0) is 4.79 Å². The van der Waals surface area contributed by atoms with Crippen LogP contribution in [0.3, 0.4) is 0 Å². The maximum absolute atomic E-state index is 11.5. The second-order valence-electron chi connectivity index (χ2n) is 5.39. The van der Waals surface area contributed by atoms with Crippen molar-refractivity contribution < 1.29 is 19.8 Å². The molecule has 1 unspecified atom stereocenters. The molecule has 20 heavy (non-hydrogen) atoms. The standard InChI is InChI=1S/C13H25N3O4/c1-10(9-16-6-2-3-7-16)8-15-13(20)14-5-4-11(17)12(18)19/h10-11,17H,2-9H2,1H3,(H,18,19)(H2,14,15,20)/t10?,11-/m0/s1. The first-order chi connectivity index (χ1) is 9.49. The Bertz CT molecular complexity index is 319. The number of hydrogen-bond acceptors (Lipinski definition) is 4. The number of carboxylic acids is 1. The molecule has 116 valence electrons. The predicted octanol–water partition coefficient (Wildman–Crippen LogP) is -0.147. The van der Waals surface area contributed by atoms with Gasteiger partial charge < -0.3 is 25.7 Å². The number of carbonyl (C=O) groups is 2. The fourth-order valence-corrected chi connectivity index (χ4v) is 2.25. The molecule has 4 N–H and O–H groups in total. The lowest BCUT2D eigenvalue weighted by atomic mass is 10.1. The predicted molar refractivity (Wildman–Crippen MR) is 74.5 cm³/mol. The highest BCUT2D eigenvalue weighted by Gasteiger charge is 2.15. The minimum Gasteiger partial charge on any atom is -0.479 e. The summed E-state index contributed by atoms with van der Waals surface area (Å²) in [4.78, 5) is 24.2. The zero-order chi connectivity index (χ0) is 15.0. The summed E-state index contributed by atoms with van der Waals surface area (Å²) in [6.07, 6.45) is 1.09. The Kier molecular flexibility index (Phi) is 7.32. The van der Waals surface area contributed by atoms with E-state index in [4.69, 9.17) is 10.2 Å². The van der Waals surface area contributed by atoms with Gasteiger partial charge in [-0.2, -0.15) is 0 Å². The van der Waals surface area contributed by atoms with Gasteiger partial charge in [0.05, 0.1) is 0 Å². The van der Waals surface area contributed by atoms with Crippen LogP contribution in [0.15, 0.2) is 0 Å². The molecular weight excluding hydrogens is 262 g/mol. The van der Waals surface area contributed by atoms with Gasteiger partial charge in [0.15, 0.2) is 6.10 Å². The van der Waals surface area contributed by atoms with Gasteiger partial charge in [0.1, 0.15) is 0 Å². The van der Waals surface area contributed by atoms with E-state index in [1.807, 2.05) is 0 Å². The van der Waals surface area contributed by atoms with E-state index in [1.54, 1.807) is 0 Å². The van der Waals surface area contributed by atoms with Crippen LogP contribution in [0.5, 0.6) is 0 Å². The zero-order valence-electron chi connectivity index (χ0n) is 12.0. The molecular formula is C13H25N3O4. The first-order valence-electron chi connectivity index (χ1n) is 7.14. The van der Waals surface area contributed by atoms with Crippen molar-refractivity contribution in [3.8, 4) is 0 Å². The molecule has 0 spiro atoms. The van der Waals surface area contributed by atoms with Gasteiger partial charge in [0.25, 0.3) is 0 Å². The molecule has 7 nitrogen and oxygen atoms in total. The van der Waals surface area contributed by atoms with Crippen LogP contribution < -0.4 is 10.6 Å². The van der Waals surface area contributed by atoms with Gasteiger partial charge in [0, 0.05) is 26.1 Å². The van der Waals surface area contributed by atoms with Crippen molar-refractivity contribution in [3.05, 3.63) is 0 Å². The van der Waals surface area contributed by atoms with E-state index >= 15 is 0 Å². The van der Waals surface area contributed by atoms with E-state index in [2.05, 4.69) is 22.5 Å². The SMILES string of the molecule is CC(CNC(=O)NCC[C@H](O)C(=O)O)CN1CCCC1. The third-order valence-corrected chi connectivity index (χ3v) is 3.37. The summed E-state index contributed by atoms with van der Waals surface area (Å²) < 4.78 is 0. The van der Waals surface area contributed by atoms with Crippen LogP contribution in [0.4, 0.5) is 4.79 Å². The number of carboxylic acid groups (broad SMARTS) is 1. The fraction of sp³-hybridized carbons (Fsp3) is 0.846. The first kappa shape index (κ1) is 16.7. The molecule has 0 saturated carbocycles. The summed E-state index contributed by atoms with van der Waals surface area (Å²) in [5, 5.41) is 22.8. The molecule has 1 rings (SSSR count). The third-order valence-electron chi connectivity index (χ3n) is 3.37. The Morgan fingerprint density at radius 1 is 1.25 bits per heavy atom. The number of nitrogens with zero attached hydrogens (tertiary/aromatic N) is 1. The largest absolute Gasteiger partial charge is 0.479 e. The highest BCUT2D eigenvalue weighted by molar-refractivity contribution is 5.74. The molecule has 2 amide bonds. The van der Waals surface area contributed by atoms with E-state index in [-0.39, 0.29) is 19.0 Å². The van der Waals surface area contributed by atoms with Gasteiger partial charge in [-0.3, -0.25) is 0 Å². The number of aliphatic carboxylic acids is 1. The van der Waals surface area contributed by atoms with Crippen molar-refractivity contribution in [3.63, 3.8) is 0 Å². The van der Waals surface area contributed by atoms with Gasteiger partial charge >= 0.3 is 12.0 Å². The van der Waals surface area contributed by atoms with Crippen LogP contribution in [0.25, 0.3) is 0 Å². The van der Waals surface area contributed by atoms with Crippen LogP contribution in [-0.4, -0.2) is 65.9 Å². The van der Waals surface area contributed by atoms with Crippen molar-refractivity contribution >= 4 is 12.0 Å². The lowest BCUT2D eigenvalue weighted by molar-refractivity contribution is -0.146. The van der Waals surface area contributed by atoms with Crippen molar-refractivity contribution in [2.75, 3.05) is 32.7 Å². The molecule has 1 saturated heterocycles. The number of amides is 2. The Balaban J connectivity index is 2.05. The number of hydrogen-bond donors (Lipinski definition) is 4. The molecule has 0 aliphatic carbocycles. The summed E-state index contributed by atoms with van der Waals surface area (Å²) in [6.45, 7) is 6.08. The molecule has 1 heterocycles. The van der Waals surface area contributed by atoms with Crippen molar-refractivity contribution in [2.24, 2.45) is 5.92 Å². The quantitative estimate of drug-likeness (QED) is 0.497. The van der Waals surface area contributed by atoms with Crippen LogP contribution in [0.1, 0.15) is 26.2 Å². The van der Waals surface area contributed by atoms with E-state index in [0.29, 0.717) is 12.5 Å². The molecule has 0 radical (unpaired) electrons. The van der Waals surface area contributed by atoms with Crippen molar-refractivity contribution in [1.82, 2.24) is 15.5 Å². The molecule has 0 aromatic carbocycles. The maximum Gasteiger partial charge on any atom is 0.332 e. The number of urea groups is 1. The Hall–Kier alpha value is -1.34. The lowest BCUT2D eigenvalue weighted by Gasteiger charge is -2.20. The van der Waals surface area contributed by atoms with E-state index in [1.165, 1.54) is 12.8 Å². The summed E-state index contributed by atoms with van der Waals surface area (Å²) in [7, 11) is 0. The molecule has 1 aliphatic rings. The van der Waals surface area contributed by atoms with Crippen molar-refractivity contribution in [2.45, 2.75) is 32.3 Å². The average molecular weight is 287 g/mol. The average Bonchev–Trinajstić information content (AvgIpc) is 2.89. The first-order valence-corrected chi connectivity index (χ1v) is 7.14. The zero-order valence-corrected chi connectivity index (χ0v) is 12.0. The monoisotopic (exact) mass is 287 g/mol. The van der Waals surface area contributed by atoms with Crippen LogP contribution >= 0.6 is 0 Å². The summed E-state index contributed by atoms with van der Waals surface area (Å²) in [5.41, 5.74) is 0. The molecule has 1 aliphatic heterocycles. The Morgan fingerprint density at radius 3 is 2.50 bits per heavy atom. The van der Waals surface area contributed by atoms with Gasteiger partial charge in [-0.25, -0.2) is 9.59 Å². The summed E-state index contributed by atoms with van der Waals surface area (Å²) >= 11 is 0. The van der Waals surface area contributed by atoms with Gasteiger partial charge in [0.2, 0.25) is 0 Å². The molecule has 1 fully saturated rings. The second-order valence-corrected chi connectivity index (χ2v) is 5.39. The van der Waals surface area contributed by atoms with E-state index < -0.39 is 12.1 Å². The smallest absolute Gasteiger partial charge is 0.332 e. The number of carbonyl (C=O) groups excluding carboxylic acids is 1. The molecule has 0 aromatic rings. The number of rotatable bonds is 8. The molecule has 0 bridgehead atoms. The minimum absolute atomic E-state index is 0.00604. The normalized spacial score (nSPS) is 18.5. The number of aliphatic hydroxyl groups is 1. The topological polar surface area (TPSA) is 102 Å². The minimum atomic E-state index is -1.43. The van der Waals surface area contributed by atoms with E-state index in [0.717, 1.165) is 19.6 Å². The molecule has 2 atom stereocenters. The number of likely N-dealkylation sites (tertiary alicyclic amines) is 1. The van der Waals surface area contributed by atoms with Gasteiger partial charge in [-0.1, -0.05) is 6.92 Å².